The van der Waals surface area contributed by atoms with Crippen LogP contribution in [0.2, 0.25) is 0 Å². The summed E-state index contributed by atoms with van der Waals surface area (Å²) in [5.41, 5.74) is -0.830. The maximum absolute atomic E-state index is 13.6. The minimum absolute atomic E-state index is 0.230. The third-order valence-electron chi connectivity index (χ3n) is 4.59. The lowest BCUT2D eigenvalue weighted by atomic mass is 10.0. The molecule has 0 saturated carbocycles. The number of benzene rings is 2. The highest BCUT2D eigenvalue weighted by Crippen LogP contribution is 2.40. The third-order valence-corrected chi connectivity index (χ3v) is 4.59. The second kappa shape index (κ2) is 11.3. The predicted molar refractivity (Wildman–Crippen MR) is 154 cm³/mol. The quantitative estimate of drug-likeness (QED) is 0.255. The Bertz CT molecular complexity index is 1150. The van der Waals surface area contributed by atoms with Gasteiger partial charge in [0.05, 0.1) is 12.7 Å². The number of rotatable bonds is 8. The minimum atomic E-state index is -0.532. The van der Waals surface area contributed by atoms with Gasteiger partial charge in [-0.1, -0.05) is 6.07 Å². The first-order valence-electron chi connectivity index (χ1n) is 13.0. The van der Waals surface area contributed by atoms with Gasteiger partial charge in [0, 0.05) is 11.6 Å². The highest BCUT2D eigenvalue weighted by atomic mass is 16.5. The van der Waals surface area contributed by atoms with Crippen LogP contribution in [-0.4, -0.2) is 35.3 Å². The average molecular weight is 527 g/mol. The van der Waals surface area contributed by atoms with Gasteiger partial charge in [0.25, 0.3) is 0 Å². The Morgan fingerprint density at radius 3 is 1.68 bits per heavy atom. The zero-order valence-electron chi connectivity index (χ0n) is 25.5. The van der Waals surface area contributed by atoms with Crippen LogP contribution in [-0.2, 0) is 0 Å². The fourth-order valence-corrected chi connectivity index (χ4v) is 3.49. The molecule has 0 heterocycles. The van der Waals surface area contributed by atoms with Gasteiger partial charge in [-0.15, -0.1) is 0 Å². The summed E-state index contributed by atoms with van der Waals surface area (Å²) in [6.45, 7) is 23.5. The summed E-state index contributed by atoms with van der Waals surface area (Å²) in [6.07, 6.45) is 3.23. The second-order valence-corrected chi connectivity index (χ2v) is 13.2. The first-order valence-corrected chi connectivity index (χ1v) is 13.0. The van der Waals surface area contributed by atoms with Gasteiger partial charge in [-0.3, -0.25) is 4.79 Å². The van der Waals surface area contributed by atoms with Crippen molar-refractivity contribution in [2.24, 2.45) is 0 Å². The van der Waals surface area contributed by atoms with E-state index in [-0.39, 0.29) is 5.78 Å². The van der Waals surface area contributed by atoms with Crippen molar-refractivity contribution in [3.8, 4) is 28.7 Å². The molecule has 2 aromatic rings. The first-order chi connectivity index (χ1) is 17.2. The molecule has 38 heavy (non-hydrogen) atoms. The van der Waals surface area contributed by atoms with E-state index in [4.69, 9.17) is 23.7 Å². The Balaban J connectivity index is 2.63. The molecular formula is C32H46O6. The fourth-order valence-electron chi connectivity index (χ4n) is 3.49. The molecule has 210 valence electrons. The molecule has 0 spiro atoms. The van der Waals surface area contributed by atoms with Crippen molar-refractivity contribution in [3.05, 3.63) is 47.5 Å². The summed E-state index contributed by atoms with van der Waals surface area (Å²) in [7, 11) is 1.58. The number of methoxy groups -OCH3 is 1. The molecule has 0 saturated heterocycles. The smallest absolute Gasteiger partial charge is 0.189 e. The van der Waals surface area contributed by atoms with Crippen LogP contribution in [0.5, 0.6) is 28.7 Å². The van der Waals surface area contributed by atoms with E-state index in [1.165, 1.54) is 6.08 Å². The number of ketones is 1. The van der Waals surface area contributed by atoms with Crippen LogP contribution in [0.15, 0.2) is 36.4 Å². The summed E-state index contributed by atoms with van der Waals surface area (Å²) < 4.78 is 30.4. The van der Waals surface area contributed by atoms with Crippen LogP contribution in [0.1, 0.15) is 99.0 Å². The van der Waals surface area contributed by atoms with E-state index >= 15 is 0 Å². The molecule has 0 bridgehead atoms. The van der Waals surface area contributed by atoms with Crippen molar-refractivity contribution in [1.82, 2.24) is 0 Å². The molecule has 0 amide bonds. The number of carbonyl (C=O) groups is 1. The SMILES string of the molecule is COc1cc(OC(C)(C)C)cc(C=CC(=O)c2cccc(OC(C)(C)C)c2OC(C)(C)C)c1OC(C)(C)C. The van der Waals surface area contributed by atoms with Crippen LogP contribution in [0.25, 0.3) is 6.08 Å². The summed E-state index contributed by atoms with van der Waals surface area (Å²) in [5, 5.41) is 0. The molecule has 0 N–H and O–H groups in total. The van der Waals surface area contributed by atoms with E-state index in [0.29, 0.717) is 39.9 Å². The number of carbonyl (C=O) groups excluding carboxylic acids is 1. The van der Waals surface area contributed by atoms with E-state index in [0.717, 1.165) is 0 Å². The molecule has 0 atom stereocenters. The van der Waals surface area contributed by atoms with Crippen molar-refractivity contribution < 1.29 is 28.5 Å². The van der Waals surface area contributed by atoms with Gasteiger partial charge in [0.2, 0.25) is 0 Å². The number of para-hydroxylation sites is 1. The molecule has 0 unspecified atom stereocenters. The molecule has 6 nitrogen and oxygen atoms in total. The zero-order valence-corrected chi connectivity index (χ0v) is 25.5. The molecule has 0 aromatic heterocycles. The van der Waals surface area contributed by atoms with E-state index < -0.39 is 22.4 Å². The van der Waals surface area contributed by atoms with Gasteiger partial charge < -0.3 is 23.7 Å². The Labute approximate surface area is 229 Å². The van der Waals surface area contributed by atoms with Crippen molar-refractivity contribution >= 4 is 11.9 Å². The summed E-state index contributed by atoms with van der Waals surface area (Å²) in [6, 6.07) is 9.01. The lowest BCUT2D eigenvalue weighted by Crippen LogP contribution is -2.27. The molecule has 0 aliphatic heterocycles. The van der Waals surface area contributed by atoms with E-state index in [1.807, 2.05) is 95.2 Å². The molecule has 6 heteroatoms. The largest absolute Gasteiger partial charge is 0.493 e. The lowest BCUT2D eigenvalue weighted by Gasteiger charge is -2.28. The van der Waals surface area contributed by atoms with E-state index in [9.17, 15) is 4.79 Å². The van der Waals surface area contributed by atoms with Crippen molar-refractivity contribution in [1.29, 1.82) is 0 Å². The fraction of sp³-hybridized carbons (Fsp3) is 0.531. The standard InChI is InChI=1S/C32H46O6/c1-29(2,3)35-22-19-21(27(26(20-22)34-13)37-31(7,8)9)17-18-24(33)23-15-14-16-25(36-30(4,5)6)28(23)38-32(10,11)12/h14-20H,1-13H3. The Hall–Kier alpha value is -3.15. The number of hydrogen-bond acceptors (Lipinski definition) is 6. The van der Waals surface area contributed by atoms with Crippen molar-refractivity contribution in [2.45, 2.75) is 105 Å². The van der Waals surface area contributed by atoms with Crippen LogP contribution in [0.4, 0.5) is 0 Å². The van der Waals surface area contributed by atoms with E-state index in [1.54, 1.807) is 31.4 Å². The van der Waals surface area contributed by atoms with Crippen LogP contribution in [0, 0.1) is 0 Å². The minimum Gasteiger partial charge on any atom is -0.493 e. The van der Waals surface area contributed by atoms with Gasteiger partial charge in [-0.25, -0.2) is 0 Å². The molecular weight excluding hydrogens is 480 g/mol. The molecule has 2 rings (SSSR count). The molecule has 2 aromatic carbocycles. The van der Waals surface area contributed by atoms with Gasteiger partial charge in [0.15, 0.2) is 28.8 Å². The molecule has 0 radical (unpaired) electrons. The summed E-state index contributed by atoms with van der Waals surface area (Å²) >= 11 is 0. The molecule has 0 aliphatic carbocycles. The van der Waals surface area contributed by atoms with Gasteiger partial charge in [0.1, 0.15) is 28.2 Å². The summed E-state index contributed by atoms with van der Waals surface area (Å²) in [4.78, 5) is 13.6. The first kappa shape index (κ1) is 31.1. The zero-order chi connectivity index (χ0) is 29.1. The summed E-state index contributed by atoms with van der Waals surface area (Å²) in [5.74, 6) is 2.36. The third kappa shape index (κ3) is 9.96. The maximum atomic E-state index is 13.6. The highest BCUT2D eigenvalue weighted by molar-refractivity contribution is 6.09. The van der Waals surface area contributed by atoms with Crippen LogP contribution in [0.3, 0.4) is 0 Å². The monoisotopic (exact) mass is 526 g/mol. The molecule has 0 fully saturated rings. The number of hydrogen-bond donors (Lipinski definition) is 0. The van der Waals surface area contributed by atoms with Crippen molar-refractivity contribution in [2.75, 3.05) is 7.11 Å². The van der Waals surface area contributed by atoms with Gasteiger partial charge in [-0.2, -0.15) is 0 Å². The highest BCUT2D eigenvalue weighted by Gasteiger charge is 2.25. The average Bonchev–Trinajstić information content (AvgIpc) is 2.70. The topological polar surface area (TPSA) is 63.2 Å². The Kier molecular flexibility index (Phi) is 9.24. The molecule has 0 aliphatic rings. The maximum Gasteiger partial charge on any atom is 0.189 e. The predicted octanol–water partition coefficient (Wildman–Crippen LogP) is 8.30. The van der Waals surface area contributed by atoms with Gasteiger partial charge in [-0.05, 0) is 113 Å². The van der Waals surface area contributed by atoms with Gasteiger partial charge >= 0.3 is 0 Å². The second-order valence-electron chi connectivity index (χ2n) is 13.2. The van der Waals surface area contributed by atoms with E-state index in [2.05, 4.69) is 0 Å². The van der Waals surface area contributed by atoms with Crippen LogP contribution >= 0.6 is 0 Å². The number of allylic oxidation sites excluding steroid dienone is 1. The number of ether oxygens (including phenoxy) is 5. The Morgan fingerprint density at radius 2 is 1.18 bits per heavy atom. The van der Waals surface area contributed by atoms with Crippen molar-refractivity contribution in [3.63, 3.8) is 0 Å². The Morgan fingerprint density at radius 1 is 0.658 bits per heavy atom. The normalized spacial score (nSPS) is 12.9. The van der Waals surface area contributed by atoms with Crippen LogP contribution < -0.4 is 23.7 Å². The lowest BCUT2D eigenvalue weighted by molar-refractivity contribution is 0.0909.